The monoisotopic (exact) mass is 484 g/mol. The van der Waals surface area contributed by atoms with Crippen LogP contribution in [-0.2, 0) is 31.2 Å². The zero-order valence-electron chi connectivity index (χ0n) is 19.1. The van der Waals surface area contributed by atoms with Gasteiger partial charge in [0.25, 0.3) is 0 Å². The van der Waals surface area contributed by atoms with Crippen LogP contribution in [0.2, 0.25) is 0 Å². The fourth-order valence-electron chi connectivity index (χ4n) is 4.29. The Hall–Kier alpha value is -2.52. The summed E-state index contributed by atoms with van der Waals surface area (Å²) in [7, 11) is 1.97. The maximum Gasteiger partial charge on any atom is 0.233 e. The van der Waals surface area contributed by atoms with Gasteiger partial charge in [0.15, 0.2) is 22.5 Å². The molecule has 174 valence electrons. The number of ether oxygens (including phenoxy) is 2. The number of carbonyl (C=O) groups excluding carboxylic acids is 1. The van der Waals surface area contributed by atoms with E-state index in [2.05, 4.69) is 28.5 Å². The fourth-order valence-corrected chi connectivity index (χ4v) is 6.35. The van der Waals surface area contributed by atoms with Crippen LogP contribution in [-0.4, -0.2) is 32.7 Å². The van der Waals surface area contributed by atoms with Gasteiger partial charge >= 0.3 is 0 Å². The summed E-state index contributed by atoms with van der Waals surface area (Å²) in [5, 5.41) is 12.3. The Labute approximate surface area is 201 Å². The molecule has 1 aliphatic heterocycles. The predicted molar refractivity (Wildman–Crippen MR) is 130 cm³/mol. The summed E-state index contributed by atoms with van der Waals surface area (Å²) in [5.41, 5.74) is 2.44. The standard InChI is InChI=1S/C24H28N4O3S2/c1-4-15-6-8-20-17(9-15)11-21(33-20)22-26-27-24(28(22)3)32-14(2)23(29)25-12-16-5-7-18-19(10-16)31-13-30-18/h5,7,10-11,14-15H,4,6,8-9,12-13H2,1-3H3,(H,25,29). The molecule has 9 heteroatoms. The molecule has 0 radical (unpaired) electrons. The Balaban J connectivity index is 1.21. The summed E-state index contributed by atoms with van der Waals surface area (Å²) < 4.78 is 12.7. The average Bonchev–Trinajstić information content (AvgIpc) is 3.55. The van der Waals surface area contributed by atoms with Crippen molar-refractivity contribution in [1.29, 1.82) is 0 Å². The first kappa shape index (κ1) is 22.3. The van der Waals surface area contributed by atoms with Crippen molar-refractivity contribution >= 4 is 29.0 Å². The van der Waals surface area contributed by atoms with Gasteiger partial charge in [-0.05, 0) is 61.4 Å². The van der Waals surface area contributed by atoms with Gasteiger partial charge in [-0.1, -0.05) is 31.2 Å². The van der Waals surface area contributed by atoms with Crippen LogP contribution in [0.3, 0.4) is 0 Å². The SMILES string of the molecule is CCC1CCc2sc(-c3nnc(SC(C)C(=O)NCc4ccc5c(c4)OCO5)n3C)cc2C1. The van der Waals surface area contributed by atoms with Crippen molar-refractivity contribution in [3.63, 3.8) is 0 Å². The van der Waals surface area contributed by atoms with Crippen molar-refractivity contribution in [1.82, 2.24) is 20.1 Å². The van der Waals surface area contributed by atoms with Crippen LogP contribution in [0.4, 0.5) is 0 Å². The van der Waals surface area contributed by atoms with Gasteiger partial charge in [-0.3, -0.25) is 4.79 Å². The van der Waals surface area contributed by atoms with Crippen molar-refractivity contribution in [3.8, 4) is 22.2 Å². The number of aryl methyl sites for hydroxylation is 1. The first-order valence-electron chi connectivity index (χ1n) is 11.4. The third-order valence-corrected chi connectivity index (χ3v) is 8.74. The maximum atomic E-state index is 12.7. The number of rotatable bonds is 7. The van der Waals surface area contributed by atoms with Gasteiger partial charge in [-0.2, -0.15) is 0 Å². The highest BCUT2D eigenvalue weighted by Gasteiger charge is 2.24. The van der Waals surface area contributed by atoms with Crippen molar-refractivity contribution in [3.05, 3.63) is 40.3 Å². The number of amides is 1. The van der Waals surface area contributed by atoms with Crippen LogP contribution in [0, 0.1) is 5.92 Å². The van der Waals surface area contributed by atoms with Crippen LogP contribution in [0.25, 0.3) is 10.7 Å². The molecule has 33 heavy (non-hydrogen) atoms. The lowest BCUT2D eigenvalue weighted by molar-refractivity contribution is -0.120. The molecule has 7 nitrogen and oxygen atoms in total. The number of benzene rings is 1. The third-order valence-electron chi connectivity index (χ3n) is 6.37. The predicted octanol–water partition coefficient (Wildman–Crippen LogP) is 4.58. The van der Waals surface area contributed by atoms with E-state index in [1.807, 2.05) is 48.1 Å². The van der Waals surface area contributed by atoms with E-state index >= 15 is 0 Å². The van der Waals surface area contributed by atoms with Gasteiger partial charge in [0.05, 0.1) is 10.1 Å². The summed E-state index contributed by atoms with van der Waals surface area (Å²) >= 11 is 3.26. The second-order valence-corrected chi connectivity index (χ2v) is 11.1. The summed E-state index contributed by atoms with van der Waals surface area (Å²) in [4.78, 5) is 15.3. The molecular weight excluding hydrogens is 456 g/mol. The molecule has 3 heterocycles. The fraction of sp³-hybridized carbons (Fsp3) is 0.458. The number of hydrogen-bond donors (Lipinski definition) is 1. The minimum atomic E-state index is -0.295. The largest absolute Gasteiger partial charge is 0.454 e. The minimum absolute atomic E-state index is 0.0422. The van der Waals surface area contributed by atoms with E-state index in [4.69, 9.17) is 9.47 Å². The highest BCUT2D eigenvalue weighted by Crippen LogP contribution is 2.38. The minimum Gasteiger partial charge on any atom is -0.454 e. The van der Waals surface area contributed by atoms with E-state index in [0.29, 0.717) is 6.54 Å². The quantitative estimate of drug-likeness (QED) is 0.495. The first-order chi connectivity index (χ1) is 16.0. The third kappa shape index (κ3) is 4.61. The van der Waals surface area contributed by atoms with E-state index in [1.165, 1.54) is 52.8 Å². The Kier molecular flexibility index (Phi) is 6.34. The van der Waals surface area contributed by atoms with Crippen LogP contribution in [0.5, 0.6) is 11.5 Å². The summed E-state index contributed by atoms with van der Waals surface area (Å²) in [6.07, 6.45) is 4.85. The Morgan fingerprint density at radius 1 is 1.30 bits per heavy atom. The Bertz CT molecular complexity index is 1170. The molecule has 1 aromatic carbocycles. The van der Waals surface area contributed by atoms with E-state index in [-0.39, 0.29) is 18.0 Å². The molecule has 1 N–H and O–H groups in total. The lowest BCUT2D eigenvalue weighted by atomic mass is 9.87. The lowest BCUT2D eigenvalue weighted by Gasteiger charge is -2.19. The molecule has 0 bridgehead atoms. The summed E-state index contributed by atoms with van der Waals surface area (Å²) in [6, 6.07) is 8.00. The molecule has 2 atom stereocenters. The molecule has 2 aromatic heterocycles. The van der Waals surface area contributed by atoms with Crippen molar-refractivity contribution < 1.29 is 14.3 Å². The first-order valence-corrected chi connectivity index (χ1v) is 13.1. The van der Waals surface area contributed by atoms with Crippen LogP contribution in [0.15, 0.2) is 29.4 Å². The molecule has 0 saturated heterocycles. The van der Waals surface area contributed by atoms with Crippen LogP contribution < -0.4 is 14.8 Å². The number of carbonyl (C=O) groups is 1. The van der Waals surface area contributed by atoms with Gasteiger partial charge in [0.1, 0.15) is 0 Å². The van der Waals surface area contributed by atoms with E-state index in [0.717, 1.165) is 34.0 Å². The zero-order chi connectivity index (χ0) is 22.9. The normalized spacial score (nSPS) is 17.6. The van der Waals surface area contributed by atoms with E-state index in [9.17, 15) is 4.79 Å². The molecule has 0 saturated carbocycles. The summed E-state index contributed by atoms with van der Waals surface area (Å²) in [6.45, 7) is 4.85. The molecule has 1 amide bonds. The molecule has 2 unspecified atom stereocenters. The molecule has 0 spiro atoms. The smallest absolute Gasteiger partial charge is 0.233 e. The Morgan fingerprint density at radius 3 is 3.00 bits per heavy atom. The molecule has 1 aliphatic carbocycles. The van der Waals surface area contributed by atoms with Gasteiger partial charge in [-0.15, -0.1) is 21.5 Å². The van der Waals surface area contributed by atoms with Gasteiger partial charge < -0.3 is 19.4 Å². The topological polar surface area (TPSA) is 78.3 Å². The number of aromatic nitrogens is 3. The second kappa shape index (κ2) is 9.38. The number of nitrogens with zero attached hydrogens (tertiary/aromatic N) is 3. The van der Waals surface area contributed by atoms with Crippen LogP contribution >= 0.6 is 23.1 Å². The number of nitrogens with one attached hydrogen (secondary N) is 1. The summed E-state index contributed by atoms with van der Waals surface area (Å²) in [5.74, 6) is 3.08. The van der Waals surface area contributed by atoms with Gasteiger partial charge in [0, 0.05) is 18.5 Å². The average molecular weight is 485 g/mol. The van der Waals surface area contributed by atoms with Crippen molar-refractivity contribution in [2.75, 3.05) is 6.79 Å². The van der Waals surface area contributed by atoms with Gasteiger partial charge in [-0.25, -0.2) is 0 Å². The van der Waals surface area contributed by atoms with Crippen LogP contribution in [0.1, 0.15) is 42.7 Å². The van der Waals surface area contributed by atoms with Crippen molar-refractivity contribution in [2.24, 2.45) is 13.0 Å². The molecule has 3 aromatic rings. The maximum absolute atomic E-state index is 12.7. The van der Waals surface area contributed by atoms with E-state index in [1.54, 1.807) is 0 Å². The number of thioether (sulfide) groups is 1. The Morgan fingerprint density at radius 2 is 2.15 bits per heavy atom. The number of thiophene rings is 1. The highest BCUT2D eigenvalue weighted by molar-refractivity contribution is 8.00. The number of hydrogen-bond acceptors (Lipinski definition) is 7. The lowest BCUT2D eigenvalue weighted by Crippen LogP contribution is -2.30. The molecule has 0 fully saturated rings. The highest BCUT2D eigenvalue weighted by atomic mass is 32.2. The number of fused-ring (bicyclic) bond motifs is 2. The molecule has 2 aliphatic rings. The molecular formula is C24H28N4O3S2. The van der Waals surface area contributed by atoms with Crippen molar-refractivity contribution in [2.45, 2.75) is 56.5 Å². The second-order valence-electron chi connectivity index (χ2n) is 8.61. The molecule has 5 rings (SSSR count). The zero-order valence-corrected chi connectivity index (χ0v) is 20.7. The van der Waals surface area contributed by atoms with Gasteiger partial charge in [0.2, 0.25) is 12.7 Å². The van der Waals surface area contributed by atoms with E-state index < -0.39 is 0 Å².